The Kier molecular flexibility index (Phi) is 4.13. The highest BCUT2D eigenvalue weighted by Gasteiger charge is 2.27. The van der Waals surface area contributed by atoms with Crippen molar-refractivity contribution in [2.75, 3.05) is 13.1 Å². The van der Waals surface area contributed by atoms with Gasteiger partial charge in [0.15, 0.2) is 0 Å². The predicted octanol–water partition coefficient (Wildman–Crippen LogP) is 3.50. The van der Waals surface area contributed by atoms with Crippen molar-refractivity contribution >= 4 is 10.8 Å². The molecule has 4 rings (SSSR count). The molecule has 1 aromatic heterocycles. The normalized spacial score (nSPS) is 17.0. The molecule has 24 heavy (non-hydrogen) atoms. The minimum atomic E-state index is -0.125. The number of benzene rings is 2. The monoisotopic (exact) mass is 319 g/mol. The zero-order valence-electron chi connectivity index (χ0n) is 13.6. The molecule has 0 bridgehead atoms. The molecule has 1 atom stereocenters. The van der Waals surface area contributed by atoms with Crippen LogP contribution in [0.2, 0.25) is 0 Å². The summed E-state index contributed by atoms with van der Waals surface area (Å²) in [7, 11) is 0. The van der Waals surface area contributed by atoms with Gasteiger partial charge in [0.05, 0.1) is 17.1 Å². The number of aromatic nitrogens is 2. The van der Waals surface area contributed by atoms with Gasteiger partial charge in [0.1, 0.15) is 0 Å². The Morgan fingerprint density at radius 2 is 1.54 bits per heavy atom. The summed E-state index contributed by atoms with van der Waals surface area (Å²) in [4.78, 5) is 14.6. The van der Waals surface area contributed by atoms with E-state index in [1.165, 1.54) is 24.8 Å². The van der Waals surface area contributed by atoms with Crippen molar-refractivity contribution in [1.29, 1.82) is 0 Å². The Balaban J connectivity index is 1.91. The third-order valence-corrected chi connectivity index (χ3v) is 4.86. The number of likely N-dealkylation sites (tertiary alicyclic amines) is 1. The van der Waals surface area contributed by atoms with Crippen molar-refractivity contribution in [2.24, 2.45) is 0 Å². The molecular weight excluding hydrogens is 298 g/mol. The summed E-state index contributed by atoms with van der Waals surface area (Å²) in [5.74, 6) is 0. The van der Waals surface area contributed by atoms with Crippen LogP contribution in [0.4, 0.5) is 0 Å². The molecule has 122 valence electrons. The maximum atomic E-state index is 12.1. The Labute approximate surface area is 141 Å². The fraction of sp³-hybridized carbons (Fsp3) is 0.300. The van der Waals surface area contributed by atoms with E-state index in [0.29, 0.717) is 5.39 Å². The molecule has 2 aromatic carbocycles. The van der Waals surface area contributed by atoms with E-state index in [9.17, 15) is 4.79 Å². The van der Waals surface area contributed by atoms with Gasteiger partial charge >= 0.3 is 0 Å². The van der Waals surface area contributed by atoms with E-state index >= 15 is 0 Å². The van der Waals surface area contributed by atoms with E-state index in [4.69, 9.17) is 0 Å². The van der Waals surface area contributed by atoms with Crippen molar-refractivity contribution in [3.63, 3.8) is 0 Å². The summed E-state index contributed by atoms with van der Waals surface area (Å²) in [6.07, 6.45) is 3.72. The first-order valence-electron chi connectivity index (χ1n) is 8.61. The number of H-pyrrole nitrogens is 1. The third-order valence-electron chi connectivity index (χ3n) is 4.86. The highest BCUT2D eigenvalue weighted by molar-refractivity contribution is 5.84. The minimum Gasteiger partial charge on any atom is -0.291 e. The Bertz CT molecular complexity index is 882. The van der Waals surface area contributed by atoms with Gasteiger partial charge in [-0.25, -0.2) is 5.10 Å². The smallest absolute Gasteiger partial charge is 0.272 e. The van der Waals surface area contributed by atoms with Gasteiger partial charge in [-0.1, -0.05) is 55.0 Å². The molecule has 1 aliphatic heterocycles. The lowest BCUT2D eigenvalue weighted by atomic mass is 9.96. The maximum Gasteiger partial charge on any atom is 0.272 e. The molecule has 4 nitrogen and oxygen atoms in total. The van der Waals surface area contributed by atoms with Crippen LogP contribution in [0.25, 0.3) is 10.8 Å². The summed E-state index contributed by atoms with van der Waals surface area (Å²) in [6, 6.07) is 18.3. The summed E-state index contributed by atoms with van der Waals surface area (Å²) >= 11 is 0. The second-order valence-electron chi connectivity index (χ2n) is 6.39. The fourth-order valence-electron chi connectivity index (χ4n) is 3.70. The predicted molar refractivity (Wildman–Crippen MR) is 96.1 cm³/mol. The lowest BCUT2D eigenvalue weighted by Gasteiger charge is -2.34. The van der Waals surface area contributed by atoms with Crippen LogP contribution in [0.15, 0.2) is 59.4 Å². The van der Waals surface area contributed by atoms with Gasteiger partial charge in [-0.15, -0.1) is 0 Å². The van der Waals surface area contributed by atoms with Crippen molar-refractivity contribution in [1.82, 2.24) is 15.1 Å². The Morgan fingerprint density at radius 3 is 2.29 bits per heavy atom. The SMILES string of the molecule is O=c1[nH]nc([C@H](c2ccccc2)N2CCCCC2)c2ccccc12. The third kappa shape index (κ3) is 2.74. The number of hydrogen-bond donors (Lipinski definition) is 1. The van der Waals surface area contributed by atoms with Crippen LogP contribution >= 0.6 is 0 Å². The number of fused-ring (bicyclic) bond motifs is 1. The lowest BCUT2D eigenvalue weighted by Crippen LogP contribution is -2.35. The van der Waals surface area contributed by atoms with Crippen LogP contribution < -0.4 is 5.56 Å². The first kappa shape index (κ1) is 15.1. The van der Waals surface area contributed by atoms with E-state index in [2.05, 4.69) is 39.4 Å². The zero-order valence-corrected chi connectivity index (χ0v) is 13.6. The summed E-state index contributed by atoms with van der Waals surface area (Å²) in [5.41, 5.74) is 2.04. The number of rotatable bonds is 3. The van der Waals surface area contributed by atoms with Gasteiger partial charge < -0.3 is 0 Å². The zero-order chi connectivity index (χ0) is 16.4. The molecule has 1 saturated heterocycles. The molecular formula is C20H21N3O. The average molecular weight is 319 g/mol. The summed E-state index contributed by atoms with van der Waals surface area (Å²) < 4.78 is 0. The standard InChI is InChI=1S/C20H21N3O/c24-20-17-12-6-5-11-16(17)18(21-22-20)19(15-9-3-1-4-10-15)23-13-7-2-8-14-23/h1,3-6,9-12,19H,2,7-8,13-14H2,(H,22,24)/t19-/m0/s1. The van der Waals surface area contributed by atoms with Crippen molar-refractivity contribution < 1.29 is 0 Å². The van der Waals surface area contributed by atoms with Crippen LogP contribution in [0.5, 0.6) is 0 Å². The van der Waals surface area contributed by atoms with E-state index < -0.39 is 0 Å². The van der Waals surface area contributed by atoms with Gasteiger partial charge in [0.25, 0.3) is 5.56 Å². The largest absolute Gasteiger partial charge is 0.291 e. The summed E-state index contributed by atoms with van der Waals surface area (Å²) in [6.45, 7) is 2.13. The minimum absolute atomic E-state index is 0.0771. The molecule has 1 aliphatic rings. The van der Waals surface area contributed by atoms with Gasteiger partial charge in [0.2, 0.25) is 0 Å². The molecule has 0 saturated carbocycles. The van der Waals surface area contributed by atoms with E-state index in [-0.39, 0.29) is 11.6 Å². The molecule has 0 radical (unpaired) electrons. The van der Waals surface area contributed by atoms with Crippen LogP contribution in [0, 0.1) is 0 Å². The number of hydrogen-bond acceptors (Lipinski definition) is 3. The second-order valence-corrected chi connectivity index (χ2v) is 6.39. The van der Waals surface area contributed by atoms with E-state index in [1.54, 1.807) is 0 Å². The van der Waals surface area contributed by atoms with E-state index in [1.807, 2.05) is 30.3 Å². The van der Waals surface area contributed by atoms with Crippen molar-refractivity contribution in [3.05, 3.63) is 76.2 Å². The lowest BCUT2D eigenvalue weighted by molar-refractivity contribution is 0.185. The molecule has 0 unspecified atom stereocenters. The van der Waals surface area contributed by atoms with Crippen LogP contribution in [-0.2, 0) is 0 Å². The topological polar surface area (TPSA) is 49.0 Å². The van der Waals surface area contributed by atoms with Crippen LogP contribution in [0.1, 0.15) is 36.6 Å². The Hall–Kier alpha value is -2.46. The molecule has 1 N–H and O–H groups in total. The number of nitrogens with one attached hydrogen (secondary N) is 1. The number of nitrogens with zero attached hydrogens (tertiary/aromatic N) is 2. The van der Waals surface area contributed by atoms with Crippen molar-refractivity contribution in [3.8, 4) is 0 Å². The maximum absolute atomic E-state index is 12.1. The average Bonchev–Trinajstić information content (AvgIpc) is 2.66. The number of piperidine rings is 1. The van der Waals surface area contributed by atoms with Gasteiger partial charge in [-0.2, -0.15) is 5.10 Å². The van der Waals surface area contributed by atoms with Gasteiger partial charge in [-0.05, 0) is 37.6 Å². The molecule has 0 spiro atoms. The van der Waals surface area contributed by atoms with E-state index in [0.717, 1.165) is 24.2 Å². The first-order chi connectivity index (χ1) is 11.8. The highest BCUT2D eigenvalue weighted by atomic mass is 16.1. The van der Waals surface area contributed by atoms with Gasteiger partial charge in [-0.3, -0.25) is 9.69 Å². The van der Waals surface area contributed by atoms with Crippen LogP contribution in [-0.4, -0.2) is 28.2 Å². The molecule has 1 fully saturated rings. The first-order valence-corrected chi connectivity index (χ1v) is 8.61. The molecule has 0 amide bonds. The number of aromatic amines is 1. The molecule has 2 heterocycles. The molecule has 4 heteroatoms. The highest BCUT2D eigenvalue weighted by Crippen LogP contribution is 2.32. The molecule has 0 aliphatic carbocycles. The Morgan fingerprint density at radius 1 is 0.875 bits per heavy atom. The molecule has 3 aromatic rings. The van der Waals surface area contributed by atoms with Crippen LogP contribution in [0.3, 0.4) is 0 Å². The summed E-state index contributed by atoms with van der Waals surface area (Å²) in [5, 5.41) is 8.83. The fourth-order valence-corrected chi connectivity index (χ4v) is 3.70. The van der Waals surface area contributed by atoms with Crippen molar-refractivity contribution in [2.45, 2.75) is 25.3 Å². The van der Waals surface area contributed by atoms with Gasteiger partial charge in [0, 0.05) is 5.39 Å². The second kappa shape index (κ2) is 6.57. The quantitative estimate of drug-likeness (QED) is 0.804.